The zero-order chi connectivity index (χ0) is 11.8. The van der Waals surface area contributed by atoms with Gasteiger partial charge in [-0.25, -0.2) is 22.2 Å². The highest BCUT2D eigenvalue weighted by Gasteiger charge is 2.27. The van der Waals surface area contributed by atoms with E-state index in [1.807, 2.05) is 0 Å². The number of hydrogen-bond donors (Lipinski definition) is 0. The molecule has 1 aromatic heterocycles. The zero-order valence-corrected chi connectivity index (χ0v) is 11.2. The fourth-order valence-electron chi connectivity index (χ4n) is 0.880. The van der Waals surface area contributed by atoms with Crippen molar-refractivity contribution in [2.24, 2.45) is 0 Å². The average Bonchev–Trinajstić information content (AvgIpc) is 1.99. The van der Waals surface area contributed by atoms with Crippen LogP contribution < -0.4 is 0 Å². The van der Waals surface area contributed by atoms with Crippen molar-refractivity contribution in [2.45, 2.75) is 11.3 Å². The van der Waals surface area contributed by atoms with E-state index >= 15 is 0 Å². The van der Waals surface area contributed by atoms with Gasteiger partial charge in [0.15, 0.2) is 0 Å². The van der Waals surface area contributed by atoms with Crippen LogP contribution in [0.1, 0.15) is 12.1 Å². The third-order valence-corrected chi connectivity index (χ3v) is 3.72. The molecular weight excluding hydrogens is 386 g/mol. The molecular formula is C6H2Cl2F2INO2S. The Morgan fingerprint density at radius 1 is 1.47 bits per heavy atom. The minimum Gasteiger partial charge on any atom is -0.239 e. The molecule has 1 heterocycles. The standard InChI is InChI=1S/C6H2Cl2F2INO2S/c7-2-1-3(11)12-4(6(9)10)5(2)15(8,13)14/h1,6H. The summed E-state index contributed by atoms with van der Waals surface area (Å²) in [6.45, 7) is 0. The predicted octanol–water partition coefficient (Wildman–Crippen LogP) is 3.20. The summed E-state index contributed by atoms with van der Waals surface area (Å²) in [6.07, 6.45) is -3.05. The van der Waals surface area contributed by atoms with Crippen LogP contribution in [0.25, 0.3) is 0 Å². The first-order valence-electron chi connectivity index (χ1n) is 3.32. The van der Waals surface area contributed by atoms with E-state index in [0.717, 1.165) is 6.07 Å². The molecule has 0 aliphatic heterocycles. The minimum absolute atomic E-state index is 0.164. The number of aromatic nitrogens is 1. The van der Waals surface area contributed by atoms with E-state index in [1.165, 1.54) is 0 Å². The molecule has 0 amide bonds. The Morgan fingerprint density at radius 3 is 2.40 bits per heavy atom. The van der Waals surface area contributed by atoms with Crippen LogP contribution in [-0.2, 0) is 9.05 Å². The molecule has 84 valence electrons. The SMILES string of the molecule is O=S(=O)(Cl)c1c(Cl)cc(I)nc1C(F)F. The van der Waals surface area contributed by atoms with Crippen LogP contribution >= 0.6 is 44.9 Å². The van der Waals surface area contributed by atoms with Gasteiger partial charge in [-0.05, 0) is 28.7 Å². The van der Waals surface area contributed by atoms with Gasteiger partial charge in [0, 0.05) is 10.7 Å². The number of hydrogen-bond acceptors (Lipinski definition) is 3. The number of pyridine rings is 1. The molecule has 0 spiro atoms. The minimum atomic E-state index is -4.33. The van der Waals surface area contributed by atoms with Crippen LogP contribution in [-0.4, -0.2) is 13.4 Å². The van der Waals surface area contributed by atoms with E-state index in [2.05, 4.69) is 4.98 Å². The molecule has 0 aliphatic rings. The summed E-state index contributed by atoms with van der Waals surface area (Å²) in [5, 5.41) is -0.361. The highest BCUT2D eigenvalue weighted by atomic mass is 127. The third-order valence-electron chi connectivity index (χ3n) is 1.37. The van der Waals surface area contributed by atoms with Crippen LogP contribution in [0.15, 0.2) is 11.0 Å². The van der Waals surface area contributed by atoms with E-state index < -0.39 is 26.1 Å². The van der Waals surface area contributed by atoms with Crippen LogP contribution in [0.2, 0.25) is 5.02 Å². The summed E-state index contributed by atoms with van der Waals surface area (Å²) < 4.78 is 47.1. The Labute approximate surface area is 107 Å². The summed E-state index contributed by atoms with van der Waals surface area (Å²) in [5.41, 5.74) is -0.929. The molecule has 15 heavy (non-hydrogen) atoms. The van der Waals surface area contributed by atoms with Gasteiger partial charge in [0.2, 0.25) is 0 Å². The predicted molar refractivity (Wildman–Crippen MR) is 60.0 cm³/mol. The Kier molecular flexibility index (Phi) is 4.13. The van der Waals surface area contributed by atoms with E-state index in [-0.39, 0.29) is 8.72 Å². The van der Waals surface area contributed by atoms with Gasteiger partial charge in [-0.3, -0.25) is 0 Å². The maximum atomic E-state index is 12.5. The molecule has 0 radical (unpaired) electrons. The molecule has 9 heteroatoms. The van der Waals surface area contributed by atoms with Crippen molar-refractivity contribution < 1.29 is 17.2 Å². The summed E-state index contributed by atoms with van der Waals surface area (Å²) in [7, 11) is 0.646. The van der Waals surface area contributed by atoms with Gasteiger partial charge in [0.25, 0.3) is 15.5 Å². The molecule has 0 unspecified atom stereocenters. The summed E-state index contributed by atoms with van der Waals surface area (Å²) in [5.74, 6) is 0. The Morgan fingerprint density at radius 2 is 2.00 bits per heavy atom. The normalized spacial score (nSPS) is 12.1. The summed E-state index contributed by atoms with van der Waals surface area (Å²) in [6, 6.07) is 1.14. The van der Waals surface area contributed by atoms with Crippen molar-refractivity contribution in [3.63, 3.8) is 0 Å². The quantitative estimate of drug-likeness (QED) is 0.444. The van der Waals surface area contributed by atoms with Crippen molar-refractivity contribution in [3.8, 4) is 0 Å². The number of halogens is 5. The second-order valence-corrected chi connectivity index (χ2v) is 6.39. The largest absolute Gasteiger partial charge is 0.281 e. The van der Waals surface area contributed by atoms with Gasteiger partial charge < -0.3 is 0 Å². The van der Waals surface area contributed by atoms with Crippen LogP contribution in [0, 0.1) is 3.70 Å². The Bertz CT molecular complexity index is 494. The molecule has 0 aromatic carbocycles. The topological polar surface area (TPSA) is 47.0 Å². The van der Waals surface area contributed by atoms with E-state index in [0.29, 0.717) is 0 Å². The lowest BCUT2D eigenvalue weighted by Crippen LogP contribution is -2.04. The van der Waals surface area contributed by atoms with Crippen LogP contribution in [0.5, 0.6) is 0 Å². The summed E-state index contributed by atoms with van der Waals surface area (Å²) >= 11 is 7.16. The smallest absolute Gasteiger partial charge is 0.239 e. The van der Waals surface area contributed by atoms with Crippen molar-refractivity contribution in [1.82, 2.24) is 4.98 Å². The Hall–Kier alpha value is 0.270. The van der Waals surface area contributed by atoms with Gasteiger partial charge in [0.05, 0.1) is 5.02 Å². The molecule has 0 aliphatic carbocycles. The second-order valence-electron chi connectivity index (χ2n) is 2.38. The molecule has 0 saturated carbocycles. The second kappa shape index (κ2) is 4.64. The van der Waals surface area contributed by atoms with Gasteiger partial charge in [-0.2, -0.15) is 0 Å². The maximum absolute atomic E-state index is 12.5. The van der Waals surface area contributed by atoms with Gasteiger partial charge in [0.1, 0.15) is 14.3 Å². The number of rotatable bonds is 2. The highest BCUT2D eigenvalue weighted by molar-refractivity contribution is 14.1. The molecule has 0 bridgehead atoms. The van der Waals surface area contributed by atoms with E-state index in [4.69, 9.17) is 22.3 Å². The lowest BCUT2D eigenvalue weighted by Gasteiger charge is -2.07. The highest BCUT2D eigenvalue weighted by Crippen LogP contribution is 2.33. The van der Waals surface area contributed by atoms with Crippen LogP contribution in [0.3, 0.4) is 0 Å². The van der Waals surface area contributed by atoms with E-state index in [9.17, 15) is 17.2 Å². The molecule has 0 atom stereocenters. The Balaban J connectivity index is 3.62. The third kappa shape index (κ3) is 3.11. The fraction of sp³-hybridized carbons (Fsp3) is 0.167. The monoisotopic (exact) mass is 387 g/mol. The van der Waals surface area contributed by atoms with E-state index in [1.54, 1.807) is 22.6 Å². The van der Waals surface area contributed by atoms with Crippen molar-refractivity contribution >= 4 is 53.9 Å². The first kappa shape index (κ1) is 13.3. The summed E-state index contributed by atoms with van der Waals surface area (Å²) in [4.78, 5) is 2.56. The first-order valence-corrected chi connectivity index (χ1v) is 7.09. The molecule has 1 rings (SSSR count). The number of nitrogens with zero attached hydrogens (tertiary/aromatic N) is 1. The molecule has 0 fully saturated rings. The average molecular weight is 388 g/mol. The fourth-order valence-corrected chi connectivity index (χ4v) is 3.42. The molecule has 0 N–H and O–H groups in total. The zero-order valence-electron chi connectivity index (χ0n) is 6.72. The molecule has 0 saturated heterocycles. The van der Waals surface area contributed by atoms with Gasteiger partial charge in [-0.1, -0.05) is 11.6 Å². The van der Waals surface area contributed by atoms with Crippen molar-refractivity contribution in [1.29, 1.82) is 0 Å². The molecule has 3 nitrogen and oxygen atoms in total. The van der Waals surface area contributed by atoms with Crippen molar-refractivity contribution in [3.05, 3.63) is 20.5 Å². The number of alkyl halides is 2. The van der Waals surface area contributed by atoms with Gasteiger partial charge in [-0.15, -0.1) is 0 Å². The maximum Gasteiger partial charge on any atom is 0.281 e. The van der Waals surface area contributed by atoms with Gasteiger partial charge >= 0.3 is 0 Å². The molecule has 1 aromatic rings. The van der Waals surface area contributed by atoms with Crippen molar-refractivity contribution in [2.75, 3.05) is 0 Å². The lowest BCUT2D eigenvalue weighted by molar-refractivity contribution is 0.142. The lowest BCUT2D eigenvalue weighted by atomic mass is 10.3. The van der Waals surface area contributed by atoms with Crippen LogP contribution in [0.4, 0.5) is 8.78 Å². The first-order chi connectivity index (χ1) is 6.73.